The number of hydrogen-bond donors (Lipinski definition) is 3. The van der Waals surface area contributed by atoms with Crippen LogP contribution in [-0.4, -0.2) is 28.0 Å². The van der Waals surface area contributed by atoms with Crippen molar-refractivity contribution in [2.45, 2.75) is 25.6 Å². The third-order valence-corrected chi connectivity index (χ3v) is 2.32. The number of carboxylic acid groups (broad SMARTS) is 1. The van der Waals surface area contributed by atoms with E-state index in [-0.39, 0.29) is 6.42 Å². The molecular formula is C11H11F3N2O4. The Morgan fingerprint density at radius 2 is 2.00 bits per heavy atom. The Kier molecular flexibility index (Phi) is 4.53. The predicted molar refractivity (Wildman–Crippen MR) is 61.2 cm³/mol. The number of aromatic amines is 1. The van der Waals surface area contributed by atoms with Crippen LogP contribution in [0.3, 0.4) is 0 Å². The van der Waals surface area contributed by atoms with E-state index in [1.165, 1.54) is 6.92 Å². The molecule has 0 aliphatic carbocycles. The smallest absolute Gasteiger partial charge is 0.431 e. The first-order chi connectivity index (χ1) is 9.11. The van der Waals surface area contributed by atoms with Crippen LogP contribution in [-0.2, 0) is 11.0 Å². The first kappa shape index (κ1) is 15.7. The van der Waals surface area contributed by atoms with Crippen LogP contribution in [0.2, 0.25) is 0 Å². The summed E-state index contributed by atoms with van der Waals surface area (Å²) in [6.07, 6.45) is -5.09. The van der Waals surface area contributed by atoms with Gasteiger partial charge in [0.2, 0.25) is 0 Å². The van der Waals surface area contributed by atoms with E-state index in [1.54, 1.807) is 4.98 Å². The van der Waals surface area contributed by atoms with E-state index in [1.807, 2.05) is 0 Å². The number of carboxylic acids is 1. The largest absolute Gasteiger partial charge is 0.481 e. The van der Waals surface area contributed by atoms with Gasteiger partial charge in [-0.15, -0.1) is 0 Å². The number of carbonyl (C=O) groups is 2. The summed E-state index contributed by atoms with van der Waals surface area (Å²) >= 11 is 0. The molecule has 1 unspecified atom stereocenters. The molecule has 0 aliphatic rings. The lowest BCUT2D eigenvalue weighted by Crippen LogP contribution is -2.37. The minimum absolute atomic E-state index is 0.371. The van der Waals surface area contributed by atoms with Gasteiger partial charge in [-0.05, 0) is 19.1 Å². The molecule has 3 N–H and O–H groups in total. The normalized spacial score (nSPS) is 12.8. The fourth-order valence-electron chi connectivity index (χ4n) is 1.43. The van der Waals surface area contributed by atoms with E-state index in [2.05, 4.69) is 5.32 Å². The highest BCUT2D eigenvalue weighted by Gasteiger charge is 2.32. The molecule has 1 rings (SSSR count). The summed E-state index contributed by atoms with van der Waals surface area (Å²) in [5.41, 5.74) is -2.98. The van der Waals surface area contributed by atoms with Crippen molar-refractivity contribution in [2.75, 3.05) is 0 Å². The highest BCUT2D eigenvalue weighted by atomic mass is 19.4. The minimum atomic E-state index is -4.72. The van der Waals surface area contributed by atoms with E-state index >= 15 is 0 Å². The van der Waals surface area contributed by atoms with E-state index < -0.39 is 40.9 Å². The van der Waals surface area contributed by atoms with Gasteiger partial charge in [0.05, 0.1) is 6.42 Å². The number of halogens is 3. The molecule has 0 spiro atoms. The average molecular weight is 292 g/mol. The molecule has 1 amide bonds. The van der Waals surface area contributed by atoms with Crippen molar-refractivity contribution in [2.24, 2.45) is 0 Å². The molecule has 0 aliphatic heterocycles. The minimum Gasteiger partial charge on any atom is -0.481 e. The number of rotatable bonds is 4. The number of hydrogen-bond acceptors (Lipinski definition) is 3. The van der Waals surface area contributed by atoms with Crippen LogP contribution >= 0.6 is 0 Å². The molecule has 1 aromatic heterocycles. The zero-order valence-electron chi connectivity index (χ0n) is 10.2. The molecule has 0 fully saturated rings. The van der Waals surface area contributed by atoms with E-state index in [0.717, 1.165) is 6.07 Å². The van der Waals surface area contributed by atoms with Crippen LogP contribution in [0.5, 0.6) is 0 Å². The Balaban J connectivity index is 2.90. The van der Waals surface area contributed by atoms with E-state index in [4.69, 9.17) is 5.11 Å². The fourth-order valence-corrected chi connectivity index (χ4v) is 1.43. The predicted octanol–water partition coefficient (Wildman–Crippen LogP) is 0.987. The number of H-pyrrole nitrogens is 1. The summed E-state index contributed by atoms with van der Waals surface area (Å²) in [5.74, 6) is -2.09. The van der Waals surface area contributed by atoms with Crippen molar-refractivity contribution >= 4 is 11.9 Å². The highest BCUT2D eigenvalue weighted by molar-refractivity contribution is 5.94. The summed E-state index contributed by atoms with van der Waals surface area (Å²) in [4.78, 5) is 35.0. The lowest BCUT2D eigenvalue weighted by Gasteiger charge is -2.11. The molecule has 0 bridgehead atoms. The Morgan fingerprint density at radius 3 is 2.45 bits per heavy atom. The number of alkyl halides is 3. The Morgan fingerprint density at radius 1 is 1.40 bits per heavy atom. The Labute approximate surface area is 110 Å². The summed E-state index contributed by atoms with van der Waals surface area (Å²) in [7, 11) is 0. The number of aliphatic carboxylic acids is 1. The van der Waals surface area contributed by atoms with Gasteiger partial charge in [0.25, 0.3) is 11.5 Å². The van der Waals surface area contributed by atoms with Gasteiger partial charge < -0.3 is 15.4 Å². The molecule has 1 heterocycles. The van der Waals surface area contributed by atoms with Gasteiger partial charge >= 0.3 is 12.1 Å². The van der Waals surface area contributed by atoms with Gasteiger partial charge in [-0.3, -0.25) is 14.4 Å². The number of nitrogens with one attached hydrogen (secondary N) is 2. The van der Waals surface area contributed by atoms with Crippen LogP contribution in [0, 0.1) is 0 Å². The summed E-state index contributed by atoms with van der Waals surface area (Å²) < 4.78 is 37.0. The monoisotopic (exact) mass is 292 g/mol. The van der Waals surface area contributed by atoms with E-state index in [9.17, 15) is 27.6 Å². The van der Waals surface area contributed by atoms with Gasteiger partial charge in [-0.25, -0.2) is 0 Å². The lowest BCUT2D eigenvalue weighted by atomic mass is 10.2. The van der Waals surface area contributed by atoms with Crippen LogP contribution in [0.25, 0.3) is 0 Å². The zero-order valence-corrected chi connectivity index (χ0v) is 10.2. The molecule has 110 valence electrons. The summed E-state index contributed by atoms with van der Waals surface area (Å²) in [6, 6.07) is 0.546. The van der Waals surface area contributed by atoms with Crippen LogP contribution in [0.4, 0.5) is 13.2 Å². The van der Waals surface area contributed by atoms with Crippen molar-refractivity contribution in [3.63, 3.8) is 0 Å². The van der Waals surface area contributed by atoms with Gasteiger partial charge in [0, 0.05) is 6.04 Å². The number of amides is 1. The zero-order chi connectivity index (χ0) is 15.5. The van der Waals surface area contributed by atoms with Crippen LogP contribution < -0.4 is 10.9 Å². The molecule has 20 heavy (non-hydrogen) atoms. The molecule has 0 radical (unpaired) electrons. The molecule has 0 saturated carbocycles. The molecule has 1 atom stereocenters. The number of pyridine rings is 1. The van der Waals surface area contributed by atoms with Gasteiger partial charge in [-0.1, -0.05) is 0 Å². The second-order valence-electron chi connectivity index (χ2n) is 4.08. The van der Waals surface area contributed by atoms with Crippen LogP contribution in [0.15, 0.2) is 16.9 Å². The first-order valence-corrected chi connectivity index (χ1v) is 5.44. The maximum absolute atomic E-state index is 12.3. The average Bonchev–Trinajstić information content (AvgIpc) is 2.25. The van der Waals surface area contributed by atoms with Crippen molar-refractivity contribution in [1.82, 2.24) is 10.3 Å². The van der Waals surface area contributed by atoms with Gasteiger partial charge in [0.1, 0.15) is 11.3 Å². The third kappa shape index (κ3) is 4.11. The molecular weight excluding hydrogens is 281 g/mol. The van der Waals surface area contributed by atoms with Gasteiger partial charge in [-0.2, -0.15) is 13.2 Å². The maximum atomic E-state index is 12.3. The van der Waals surface area contributed by atoms with Crippen molar-refractivity contribution < 1.29 is 27.9 Å². The number of carbonyl (C=O) groups excluding carboxylic acids is 1. The number of aromatic nitrogens is 1. The third-order valence-electron chi connectivity index (χ3n) is 2.32. The second kappa shape index (κ2) is 5.76. The molecule has 1 aromatic rings. The first-order valence-electron chi connectivity index (χ1n) is 5.44. The summed E-state index contributed by atoms with van der Waals surface area (Å²) in [5, 5.41) is 10.7. The maximum Gasteiger partial charge on any atom is 0.431 e. The van der Waals surface area contributed by atoms with E-state index in [0.29, 0.717) is 6.07 Å². The topological polar surface area (TPSA) is 99.3 Å². The molecule has 0 saturated heterocycles. The standard InChI is InChI=1S/C11H11F3N2O4/c1-5(4-8(17)18)15-9(19)6-2-3-7(11(12,13)14)16-10(6)20/h2-3,5H,4H2,1H3,(H,15,19)(H,16,20)(H,17,18). The SMILES string of the molecule is CC(CC(=O)O)NC(=O)c1ccc(C(F)(F)F)[nH]c1=O. The Bertz CT molecular complexity index is 580. The Hall–Kier alpha value is -2.32. The molecule has 0 aromatic carbocycles. The quantitative estimate of drug-likeness (QED) is 0.770. The lowest BCUT2D eigenvalue weighted by molar-refractivity contribution is -0.141. The van der Waals surface area contributed by atoms with Crippen molar-refractivity contribution in [3.05, 3.63) is 33.7 Å². The van der Waals surface area contributed by atoms with Crippen molar-refractivity contribution in [1.29, 1.82) is 0 Å². The molecule has 6 nitrogen and oxygen atoms in total. The fraction of sp³-hybridized carbons (Fsp3) is 0.364. The van der Waals surface area contributed by atoms with Crippen molar-refractivity contribution in [3.8, 4) is 0 Å². The second-order valence-corrected chi connectivity index (χ2v) is 4.08. The molecule has 9 heteroatoms. The highest BCUT2D eigenvalue weighted by Crippen LogP contribution is 2.26. The van der Waals surface area contributed by atoms with Gasteiger partial charge in [0.15, 0.2) is 0 Å². The summed E-state index contributed by atoms with van der Waals surface area (Å²) in [6.45, 7) is 1.39. The van der Waals surface area contributed by atoms with Crippen LogP contribution in [0.1, 0.15) is 29.4 Å².